The first kappa shape index (κ1) is 14.2. The molecule has 0 aliphatic heterocycles. The molecule has 2 nitrogen and oxygen atoms in total. The summed E-state index contributed by atoms with van der Waals surface area (Å²) in [5.41, 5.74) is 2.16. The minimum absolute atomic E-state index is 0. The Morgan fingerprint density at radius 2 is 1.74 bits per heavy atom. The summed E-state index contributed by atoms with van der Waals surface area (Å²) in [7, 11) is 2.03. The van der Waals surface area contributed by atoms with Gasteiger partial charge in [0.15, 0.2) is 5.82 Å². The van der Waals surface area contributed by atoms with Crippen LogP contribution in [0.5, 0.6) is 0 Å². The van der Waals surface area contributed by atoms with Gasteiger partial charge in [0.1, 0.15) is 0 Å². The smallest absolute Gasteiger partial charge is 0.183 e. The van der Waals surface area contributed by atoms with E-state index in [1.165, 1.54) is 5.56 Å². The number of para-hydroxylation sites is 1. The Bertz CT molecular complexity index is 645. The van der Waals surface area contributed by atoms with E-state index in [0.29, 0.717) is 0 Å². The molecule has 0 N–H and O–H groups in total. The fraction of sp³-hybridized carbons (Fsp3) is 0.0625. The summed E-state index contributed by atoms with van der Waals surface area (Å²) in [4.78, 5) is 0. The SMILES string of the molecule is Cn1c[c-][n+](-c2[c-]cccc2)c1-c1ccccc1.[Y]. The molecular weight excluding hydrogens is 309 g/mol. The van der Waals surface area contributed by atoms with Gasteiger partial charge in [0.2, 0.25) is 0 Å². The Kier molecular flexibility index (Phi) is 4.68. The maximum atomic E-state index is 3.24. The van der Waals surface area contributed by atoms with Gasteiger partial charge in [-0.25, -0.2) is 6.07 Å². The summed E-state index contributed by atoms with van der Waals surface area (Å²) < 4.78 is 4.09. The first-order valence-electron chi connectivity index (χ1n) is 5.88. The van der Waals surface area contributed by atoms with Crippen LogP contribution in [0.4, 0.5) is 0 Å². The van der Waals surface area contributed by atoms with E-state index in [1.807, 2.05) is 60.3 Å². The normalized spacial score (nSPS) is 9.95. The molecule has 1 heterocycles. The van der Waals surface area contributed by atoms with Gasteiger partial charge in [-0.05, 0) is 0 Å². The molecule has 0 fully saturated rings. The van der Waals surface area contributed by atoms with Crippen molar-refractivity contribution in [2.45, 2.75) is 0 Å². The Balaban J connectivity index is 0.00000133. The van der Waals surface area contributed by atoms with E-state index in [1.54, 1.807) is 0 Å². The van der Waals surface area contributed by atoms with Crippen LogP contribution in [0.3, 0.4) is 0 Å². The third kappa shape index (κ3) is 2.85. The van der Waals surface area contributed by atoms with Crippen LogP contribution in [0.15, 0.2) is 60.8 Å². The number of aryl methyl sites for hydroxylation is 1. The summed E-state index contributed by atoms with van der Waals surface area (Å²) in [6, 6.07) is 21.5. The fourth-order valence-electron chi connectivity index (χ4n) is 2.05. The molecule has 1 aromatic heterocycles. The molecule has 0 saturated carbocycles. The fourth-order valence-corrected chi connectivity index (χ4v) is 2.05. The largest absolute Gasteiger partial charge is 0.378 e. The molecule has 91 valence electrons. The zero-order valence-electron chi connectivity index (χ0n) is 10.7. The van der Waals surface area contributed by atoms with Crippen LogP contribution in [-0.2, 0) is 39.8 Å². The summed E-state index contributed by atoms with van der Waals surface area (Å²) in [6.07, 6.45) is 5.17. The standard InChI is InChI=1S/C16H13N2.Y/c1-17-12-13-18(15-10-6-3-7-11-15)16(17)14-8-4-2-5-9-14;/h2-10,12H,1H3;/q-1;. The molecule has 0 spiro atoms. The molecule has 2 aromatic carbocycles. The zero-order valence-corrected chi connectivity index (χ0v) is 13.6. The number of nitrogens with zero attached hydrogens (tertiary/aromatic N) is 2. The number of hydrogen-bond donors (Lipinski definition) is 0. The second-order valence-corrected chi connectivity index (χ2v) is 4.14. The summed E-state index contributed by atoms with van der Waals surface area (Å²) >= 11 is 0. The van der Waals surface area contributed by atoms with Gasteiger partial charge in [-0.3, -0.25) is 4.57 Å². The zero-order chi connectivity index (χ0) is 12.4. The molecule has 0 bridgehead atoms. The van der Waals surface area contributed by atoms with Crippen molar-refractivity contribution in [1.29, 1.82) is 0 Å². The number of aromatic nitrogens is 2. The van der Waals surface area contributed by atoms with Crippen molar-refractivity contribution in [3.05, 3.63) is 73.1 Å². The summed E-state index contributed by atoms with van der Waals surface area (Å²) in [5.74, 6) is 1.10. The molecule has 0 aliphatic carbocycles. The van der Waals surface area contributed by atoms with Gasteiger partial charge in [0, 0.05) is 38.3 Å². The van der Waals surface area contributed by atoms with E-state index in [9.17, 15) is 0 Å². The van der Waals surface area contributed by atoms with Gasteiger partial charge in [0.05, 0.1) is 19.4 Å². The molecule has 0 saturated heterocycles. The topological polar surface area (TPSA) is 8.81 Å². The van der Waals surface area contributed by atoms with Gasteiger partial charge in [-0.1, -0.05) is 36.0 Å². The van der Waals surface area contributed by atoms with Crippen LogP contribution in [0.25, 0.3) is 17.1 Å². The molecule has 0 unspecified atom stereocenters. The Labute approximate surface area is 138 Å². The monoisotopic (exact) mass is 322 g/mol. The van der Waals surface area contributed by atoms with Crippen LogP contribution >= 0.6 is 0 Å². The number of benzene rings is 2. The average molecular weight is 322 g/mol. The van der Waals surface area contributed by atoms with Gasteiger partial charge < -0.3 is 4.57 Å². The first-order chi connectivity index (χ1) is 8.86. The first-order valence-corrected chi connectivity index (χ1v) is 5.88. The summed E-state index contributed by atoms with van der Waals surface area (Å²) in [5, 5.41) is 0. The van der Waals surface area contributed by atoms with Crippen molar-refractivity contribution in [2.24, 2.45) is 7.05 Å². The van der Waals surface area contributed by atoms with E-state index < -0.39 is 0 Å². The quantitative estimate of drug-likeness (QED) is 0.507. The van der Waals surface area contributed by atoms with Crippen molar-refractivity contribution < 1.29 is 37.3 Å². The van der Waals surface area contributed by atoms with Gasteiger partial charge in [-0.2, -0.15) is 24.3 Å². The van der Waals surface area contributed by atoms with Crippen molar-refractivity contribution in [3.63, 3.8) is 0 Å². The van der Waals surface area contributed by atoms with Crippen molar-refractivity contribution in [3.8, 4) is 17.1 Å². The van der Waals surface area contributed by atoms with Crippen molar-refractivity contribution in [1.82, 2.24) is 4.57 Å². The van der Waals surface area contributed by atoms with Gasteiger partial charge >= 0.3 is 0 Å². The third-order valence-electron chi connectivity index (χ3n) is 2.89. The third-order valence-corrected chi connectivity index (χ3v) is 2.89. The molecule has 3 heteroatoms. The molecule has 0 atom stereocenters. The van der Waals surface area contributed by atoms with E-state index in [0.717, 1.165) is 11.5 Å². The molecule has 3 aromatic rings. The Morgan fingerprint density at radius 1 is 1.00 bits per heavy atom. The molecule has 0 aliphatic rings. The second kappa shape index (κ2) is 6.27. The number of hydrogen-bond acceptors (Lipinski definition) is 0. The molecule has 19 heavy (non-hydrogen) atoms. The molecular formula is C16H13N2Y-. The van der Waals surface area contributed by atoms with Crippen molar-refractivity contribution in [2.75, 3.05) is 0 Å². The van der Waals surface area contributed by atoms with E-state index in [4.69, 9.17) is 0 Å². The Morgan fingerprint density at radius 3 is 2.42 bits per heavy atom. The van der Waals surface area contributed by atoms with Crippen molar-refractivity contribution >= 4 is 0 Å². The van der Waals surface area contributed by atoms with Gasteiger partial charge in [0.25, 0.3) is 0 Å². The van der Waals surface area contributed by atoms with E-state index in [-0.39, 0.29) is 32.7 Å². The molecule has 1 radical (unpaired) electrons. The predicted molar refractivity (Wildman–Crippen MR) is 70.1 cm³/mol. The average Bonchev–Trinajstić information content (AvgIpc) is 2.83. The van der Waals surface area contributed by atoms with E-state index >= 15 is 0 Å². The van der Waals surface area contributed by atoms with Crippen LogP contribution < -0.4 is 4.57 Å². The minimum atomic E-state index is 0. The summed E-state index contributed by atoms with van der Waals surface area (Å²) in [6.45, 7) is 0. The van der Waals surface area contributed by atoms with Gasteiger partial charge in [-0.15, -0.1) is 0 Å². The minimum Gasteiger partial charge on any atom is -0.378 e. The van der Waals surface area contributed by atoms with Crippen LogP contribution in [-0.4, -0.2) is 4.57 Å². The van der Waals surface area contributed by atoms with Crippen LogP contribution in [0, 0.1) is 12.3 Å². The maximum Gasteiger partial charge on any atom is 0.183 e. The predicted octanol–water partition coefficient (Wildman–Crippen LogP) is 2.57. The Hall–Kier alpha value is -1.25. The molecule has 3 rings (SSSR count). The van der Waals surface area contributed by atoms with Crippen LogP contribution in [0.1, 0.15) is 0 Å². The number of rotatable bonds is 2. The van der Waals surface area contributed by atoms with E-state index in [2.05, 4.69) is 29.0 Å². The van der Waals surface area contributed by atoms with Crippen LogP contribution in [0.2, 0.25) is 0 Å². The second-order valence-electron chi connectivity index (χ2n) is 4.14. The number of imidazole rings is 1. The maximum absolute atomic E-state index is 3.24. The molecule has 0 amide bonds.